The zero-order valence-electron chi connectivity index (χ0n) is 13.0. The van der Waals surface area contributed by atoms with Crippen molar-refractivity contribution in [2.45, 2.75) is 33.4 Å². The third-order valence-electron chi connectivity index (χ3n) is 3.65. The maximum Gasteiger partial charge on any atom is 0.392 e. The fourth-order valence-electron chi connectivity index (χ4n) is 2.26. The first-order valence-electron chi connectivity index (χ1n) is 6.96. The van der Waals surface area contributed by atoms with E-state index >= 15 is 0 Å². The fraction of sp³-hybridized carbons (Fsp3) is 0.294. The molecular formula is C17H16F3NO2. The lowest BCUT2D eigenvalue weighted by molar-refractivity contribution is -0.122. The van der Waals surface area contributed by atoms with E-state index in [2.05, 4.69) is 11.6 Å². The van der Waals surface area contributed by atoms with Gasteiger partial charge in [0.15, 0.2) is 11.2 Å². The Morgan fingerprint density at radius 2 is 1.83 bits per heavy atom. The van der Waals surface area contributed by atoms with Crippen molar-refractivity contribution in [3.05, 3.63) is 50.3 Å². The van der Waals surface area contributed by atoms with E-state index in [1.165, 1.54) is 12.2 Å². The Kier molecular flexibility index (Phi) is 4.45. The molecule has 0 aromatic heterocycles. The van der Waals surface area contributed by atoms with Crippen LogP contribution in [-0.2, 0) is 0 Å². The number of fused-ring (bicyclic) bond motifs is 1. The van der Waals surface area contributed by atoms with Gasteiger partial charge in [-0.3, -0.25) is 4.79 Å². The van der Waals surface area contributed by atoms with Crippen LogP contribution in [0.25, 0.3) is 23.6 Å². The van der Waals surface area contributed by atoms with E-state index in [9.17, 15) is 18.0 Å². The van der Waals surface area contributed by atoms with Crippen LogP contribution < -0.4 is 16.2 Å². The number of alkyl halides is 3. The highest BCUT2D eigenvalue weighted by molar-refractivity contribution is 5.64. The topological polar surface area (TPSA) is 43.1 Å². The van der Waals surface area contributed by atoms with Crippen molar-refractivity contribution in [2.75, 3.05) is 0 Å². The van der Waals surface area contributed by atoms with Crippen molar-refractivity contribution < 1.29 is 17.6 Å². The summed E-state index contributed by atoms with van der Waals surface area (Å²) in [6, 6.07) is 0. The summed E-state index contributed by atoms with van der Waals surface area (Å²) in [7, 11) is 0. The molecule has 0 bridgehead atoms. The summed E-state index contributed by atoms with van der Waals surface area (Å²) in [5, 5.41) is 0.247. The average molecular weight is 323 g/mol. The van der Waals surface area contributed by atoms with Gasteiger partial charge in [-0.25, -0.2) is 4.98 Å². The summed E-state index contributed by atoms with van der Waals surface area (Å²) in [6.45, 7) is 8.53. The van der Waals surface area contributed by atoms with Crippen LogP contribution >= 0.6 is 0 Å². The first kappa shape index (κ1) is 17.0. The van der Waals surface area contributed by atoms with E-state index in [1.54, 1.807) is 20.8 Å². The average Bonchev–Trinajstić information content (AvgIpc) is 2.48. The highest BCUT2D eigenvalue weighted by Gasteiger charge is 2.25. The van der Waals surface area contributed by atoms with Gasteiger partial charge in [0.2, 0.25) is 0 Å². The number of benzene rings is 1. The number of hydrogen-bond acceptors (Lipinski definition) is 3. The van der Waals surface area contributed by atoms with Gasteiger partial charge in [-0.2, -0.15) is 13.2 Å². The van der Waals surface area contributed by atoms with Crippen LogP contribution in [0.3, 0.4) is 0 Å². The zero-order valence-corrected chi connectivity index (χ0v) is 13.0. The molecule has 2 aliphatic rings. The number of rotatable bonds is 2. The highest BCUT2D eigenvalue weighted by atomic mass is 19.4. The minimum atomic E-state index is -4.35. The Morgan fingerprint density at radius 3 is 2.39 bits per heavy atom. The van der Waals surface area contributed by atoms with E-state index < -0.39 is 12.6 Å². The van der Waals surface area contributed by atoms with E-state index in [-0.39, 0.29) is 22.0 Å². The molecular weight excluding hydrogens is 307 g/mol. The predicted molar refractivity (Wildman–Crippen MR) is 82.7 cm³/mol. The molecule has 0 saturated carbocycles. The summed E-state index contributed by atoms with van der Waals surface area (Å²) in [6.07, 6.45) is -1.68. The smallest absolute Gasteiger partial charge is 0.392 e. The van der Waals surface area contributed by atoms with Crippen molar-refractivity contribution >= 4 is 12.2 Å². The molecule has 2 rings (SSSR count). The van der Waals surface area contributed by atoms with Crippen LogP contribution in [-0.4, -0.2) is 11.2 Å². The van der Waals surface area contributed by atoms with Crippen LogP contribution in [0.15, 0.2) is 21.9 Å². The van der Waals surface area contributed by atoms with Gasteiger partial charge in [-0.1, -0.05) is 12.7 Å². The molecule has 0 N–H and O–H groups in total. The minimum Gasteiger partial charge on any atom is -0.453 e. The number of aromatic nitrogens is 1. The molecule has 0 fully saturated rings. The molecule has 0 atom stereocenters. The van der Waals surface area contributed by atoms with Crippen LogP contribution in [0.2, 0.25) is 0 Å². The lowest BCUT2D eigenvalue weighted by Gasteiger charge is -2.12. The highest BCUT2D eigenvalue weighted by Crippen LogP contribution is 2.24. The standard InChI is InChI=1S/C17H16F3NO2/c1-5-6-12-13(7-8-17(18,19)20)23-16-11(4)15(22)10(3)9(2)14(16)21-12/h5-7H,1,8H2,2-4H3/b12-6+,13-7+. The predicted octanol–water partition coefficient (Wildman–Crippen LogP) is 2.76. The fourth-order valence-corrected chi connectivity index (χ4v) is 2.26. The van der Waals surface area contributed by atoms with E-state index in [4.69, 9.17) is 4.42 Å². The summed E-state index contributed by atoms with van der Waals surface area (Å²) in [5.74, 6) is 0.215. The van der Waals surface area contributed by atoms with Crippen molar-refractivity contribution in [3.8, 4) is 11.5 Å². The first-order valence-corrected chi connectivity index (χ1v) is 6.96. The largest absolute Gasteiger partial charge is 0.453 e. The lowest BCUT2D eigenvalue weighted by atomic mass is 9.99. The quantitative estimate of drug-likeness (QED) is 0.853. The Labute approximate surface area is 130 Å². The summed E-state index contributed by atoms with van der Waals surface area (Å²) in [5.41, 5.74) is 1.79. The summed E-state index contributed by atoms with van der Waals surface area (Å²) < 4.78 is 43.0. The maximum atomic E-state index is 12.5. The second-order valence-corrected chi connectivity index (χ2v) is 5.27. The third kappa shape index (κ3) is 3.36. The molecule has 0 amide bonds. The zero-order chi connectivity index (χ0) is 17.4. The molecule has 3 nitrogen and oxygen atoms in total. The summed E-state index contributed by atoms with van der Waals surface area (Å²) >= 11 is 0. The van der Waals surface area contributed by atoms with E-state index in [0.29, 0.717) is 22.4 Å². The van der Waals surface area contributed by atoms with E-state index in [1.807, 2.05) is 0 Å². The molecule has 0 saturated heterocycles. The molecule has 0 spiro atoms. The van der Waals surface area contributed by atoms with Crippen LogP contribution in [0.1, 0.15) is 23.1 Å². The van der Waals surface area contributed by atoms with Crippen LogP contribution in [0, 0.1) is 20.8 Å². The SMILES string of the molecule is C=C/C=c1/nc2c(C)c(C)c(=O)c(C)c-2o/c1=C/CC(F)(F)F. The molecule has 6 heteroatoms. The Hall–Kier alpha value is -2.37. The molecule has 0 aromatic rings. The van der Waals surface area contributed by atoms with Gasteiger partial charge in [-0.15, -0.1) is 0 Å². The van der Waals surface area contributed by atoms with Crippen LogP contribution in [0.5, 0.6) is 0 Å². The van der Waals surface area contributed by atoms with Gasteiger partial charge >= 0.3 is 6.18 Å². The van der Waals surface area contributed by atoms with Gasteiger partial charge in [0.1, 0.15) is 16.5 Å². The molecule has 1 aliphatic carbocycles. The minimum absolute atomic E-state index is 0.0273. The van der Waals surface area contributed by atoms with Crippen molar-refractivity contribution in [1.29, 1.82) is 0 Å². The van der Waals surface area contributed by atoms with Crippen molar-refractivity contribution in [3.63, 3.8) is 0 Å². The third-order valence-corrected chi connectivity index (χ3v) is 3.65. The second kappa shape index (κ2) is 6.02. The number of nitrogens with zero attached hydrogens (tertiary/aromatic N) is 1. The summed E-state index contributed by atoms with van der Waals surface area (Å²) in [4.78, 5) is 16.5. The van der Waals surface area contributed by atoms with E-state index in [0.717, 1.165) is 6.08 Å². The van der Waals surface area contributed by atoms with Gasteiger partial charge in [0.25, 0.3) is 0 Å². The molecule has 23 heavy (non-hydrogen) atoms. The second-order valence-electron chi connectivity index (χ2n) is 5.27. The molecule has 122 valence electrons. The Balaban J connectivity index is 2.92. The molecule has 1 heterocycles. The van der Waals surface area contributed by atoms with Gasteiger partial charge in [-0.05, 0) is 38.5 Å². The molecule has 0 aromatic carbocycles. The maximum absolute atomic E-state index is 12.5. The van der Waals surface area contributed by atoms with Crippen molar-refractivity contribution in [2.24, 2.45) is 0 Å². The molecule has 0 radical (unpaired) electrons. The normalized spacial score (nSPS) is 13.8. The molecule has 1 aliphatic heterocycles. The molecule has 0 unspecified atom stereocenters. The Bertz CT molecular complexity index is 908. The van der Waals surface area contributed by atoms with Crippen LogP contribution in [0.4, 0.5) is 13.2 Å². The Morgan fingerprint density at radius 1 is 1.17 bits per heavy atom. The van der Waals surface area contributed by atoms with Gasteiger partial charge in [0.05, 0.1) is 6.42 Å². The lowest BCUT2D eigenvalue weighted by Crippen LogP contribution is -2.31. The number of allylic oxidation sites excluding steroid dienone is 1. The number of halogens is 3. The number of hydrogen-bond donors (Lipinski definition) is 0. The van der Waals surface area contributed by atoms with Gasteiger partial charge in [0, 0.05) is 11.1 Å². The first-order chi connectivity index (χ1) is 10.7. The van der Waals surface area contributed by atoms with Gasteiger partial charge < -0.3 is 4.42 Å². The monoisotopic (exact) mass is 323 g/mol. The van der Waals surface area contributed by atoms with Crippen molar-refractivity contribution in [1.82, 2.24) is 4.98 Å².